The van der Waals surface area contributed by atoms with Gasteiger partial charge in [0.15, 0.2) is 23.3 Å². The Kier molecular flexibility index (Phi) is 7.79. The lowest BCUT2D eigenvalue weighted by atomic mass is 9.99. The Morgan fingerprint density at radius 1 is 0.271 bits per heavy atom. The van der Waals surface area contributed by atoms with Crippen molar-refractivity contribution in [3.8, 4) is 79.2 Å². The lowest BCUT2D eigenvalue weighted by Gasteiger charge is -2.11. The lowest BCUT2D eigenvalue weighted by Crippen LogP contribution is -2.00. The van der Waals surface area contributed by atoms with Crippen LogP contribution in [0, 0.1) is 0 Å². The van der Waals surface area contributed by atoms with E-state index in [2.05, 4.69) is 53.5 Å². The zero-order chi connectivity index (χ0) is 32.1. The summed E-state index contributed by atoms with van der Waals surface area (Å²) < 4.78 is 0. The number of hydrogen-bond acceptors (Lipinski definition) is 6. The van der Waals surface area contributed by atoms with Gasteiger partial charge in [-0.25, -0.2) is 24.9 Å². The van der Waals surface area contributed by atoms with Gasteiger partial charge >= 0.3 is 0 Å². The minimum atomic E-state index is 0.616. The molecule has 3 heterocycles. The first-order valence-electron chi connectivity index (χ1n) is 15.7. The van der Waals surface area contributed by atoms with Crippen molar-refractivity contribution in [3.05, 3.63) is 170 Å². The first-order valence-corrected chi connectivity index (χ1v) is 15.7. The van der Waals surface area contributed by atoms with Gasteiger partial charge in [0.2, 0.25) is 0 Å². The molecule has 0 saturated heterocycles. The van der Waals surface area contributed by atoms with Crippen LogP contribution in [0.4, 0.5) is 0 Å². The normalized spacial score (nSPS) is 10.9. The van der Waals surface area contributed by atoms with Gasteiger partial charge in [-0.15, -0.1) is 0 Å². The summed E-state index contributed by atoms with van der Waals surface area (Å²) in [6.45, 7) is 0. The fourth-order valence-corrected chi connectivity index (χ4v) is 5.61. The predicted octanol–water partition coefficient (Wildman–Crippen LogP) is 9.73. The maximum atomic E-state index is 5.00. The summed E-state index contributed by atoms with van der Waals surface area (Å²) >= 11 is 0. The molecule has 0 aliphatic rings. The maximum Gasteiger partial charge on any atom is 0.164 e. The van der Waals surface area contributed by atoms with Crippen LogP contribution in [0.3, 0.4) is 0 Å². The molecule has 0 bridgehead atoms. The fourth-order valence-electron chi connectivity index (χ4n) is 5.61. The molecule has 0 aliphatic carbocycles. The molecule has 6 heteroatoms. The van der Waals surface area contributed by atoms with E-state index in [9.17, 15) is 0 Å². The van der Waals surface area contributed by atoms with Crippen molar-refractivity contribution in [2.24, 2.45) is 0 Å². The quantitative estimate of drug-likeness (QED) is 0.177. The Balaban J connectivity index is 1.21. The molecule has 0 saturated carbocycles. The predicted molar refractivity (Wildman–Crippen MR) is 191 cm³/mol. The highest BCUT2D eigenvalue weighted by molar-refractivity contribution is 5.78. The molecule has 0 radical (unpaired) electrons. The van der Waals surface area contributed by atoms with Gasteiger partial charge in [0, 0.05) is 45.8 Å². The first-order chi connectivity index (χ1) is 23.8. The van der Waals surface area contributed by atoms with E-state index in [-0.39, 0.29) is 0 Å². The second-order valence-corrected chi connectivity index (χ2v) is 11.3. The molecular formula is C42H28N6. The molecule has 0 N–H and O–H groups in total. The summed E-state index contributed by atoms with van der Waals surface area (Å²) in [5, 5.41) is 0. The van der Waals surface area contributed by atoms with Crippen molar-refractivity contribution >= 4 is 0 Å². The number of hydrogen-bond donors (Lipinski definition) is 0. The topological polar surface area (TPSA) is 77.3 Å². The van der Waals surface area contributed by atoms with Crippen LogP contribution in [-0.2, 0) is 0 Å². The van der Waals surface area contributed by atoms with E-state index in [0.717, 1.165) is 55.9 Å². The molecule has 0 unspecified atom stereocenters. The summed E-state index contributed by atoms with van der Waals surface area (Å²) in [6, 6.07) is 52.9. The standard InChI is InChI=1S/C42H28N6/c1-4-13-29(14-5-1)37-27-38(45-42(44-37)36-23-12-24-43-28-36)34-21-10-19-32(25-34)33-20-11-22-35(26-33)41-47-39(30-15-6-2-7-16-30)46-40(48-41)31-17-8-3-9-18-31/h1-28H. The van der Waals surface area contributed by atoms with E-state index in [0.29, 0.717) is 23.3 Å². The highest BCUT2D eigenvalue weighted by Crippen LogP contribution is 2.32. The zero-order valence-electron chi connectivity index (χ0n) is 25.8. The van der Waals surface area contributed by atoms with Gasteiger partial charge in [0.1, 0.15) is 0 Å². The molecule has 6 nitrogen and oxygen atoms in total. The summed E-state index contributed by atoms with van der Waals surface area (Å²) in [5.74, 6) is 2.51. The maximum absolute atomic E-state index is 5.00. The SMILES string of the molecule is c1ccc(-c2cc(-c3cccc(-c4cccc(-c5nc(-c6ccccc6)nc(-c6ccccc6)n5)c4)c3)nc(-c3cccnc3)n2)cc1. The first kappa shape index (κ1) is 28.8. The van der Waals surface area contributed by atoms with E-state index in [1.165, 1.54) is 0 Å². The number of aromatic nitrogens is 6. The van der Waals surface area contributed by atoms with Gasteiger partial charge in [-0.3, -0.25) is 4.98 Å². The molecule has 0 spiro atoms. The van der Waals surface area contributed by atoms with Gasteiger partial charge < -0.3 is 0 Å². The van der Waals surface area contributed by atoms with Gasteiger partial charge in [-0.2, -0.15) is 0 Å². The van der Waals surface area contributed by atoms with Crippen molar-refractivity contribution < 1.29 is 0 Å². The molecule has 0 atom stereocenters. The van der Waals surface area contributed by atoms with Crippen molar-refractivity contribution in [2.75, 3.05) is 0 Å². The van der Waals surface area contributed by atoms with Gasteiger partial charge in [0.05, 0.1) is 11.4 Å². The van der Waals surface area contributed by atoms with E-state index in [1.807, 2.05) is 109 Å². The zero-order valence-corrected chi connectivity index (χ0v) is 25.8. The Morgan fingerprint density at radius 2 is 0.688 bits per heavy atom. The highest BCUT2D eigenvalue weighted by atomic mass is 15.0. The minimum absolute atomic E-state index is 0.616. The molecule has 0 aliphatic heterocycles. The Labute approximate surface area is 278 Å². The molecule has 8 aromatic rings. The van der Waals surface area contributed by atoms with Crippen molar-refractivity contribution in [3.63, 3.8) is 0 Å². The molecular weight excluding hydrogens is 589 g/mol. The third-order valence-corrected chi connectivity index (χ3v) is 8.03. The number of pyridine rings is 1. The summed E-state index contributed by atoms with van der Waals surface area (Å²) in [4.78, 5) is 28.9. The molecule has 48 heavy (non-hydrogen) atoms. The van der Waals surface area contributed by atoms with Gasteiger partial charge in [-0.1, -0.05) is 127 Å². The van der Waals surface area contributed by atoms with E-state index in [1.54, 1.807) is 12.4 Å². The van der Waals surface area contributed by atoms with Crippen molar-refractivity contribution in [2.45, 2.75) is 0 Å². The second kappa shape index (κ2) is 13.0. The number of nitrogens with zero attached hydrogens (tertiary/aromatic N) is 6. The van der Waals surface area contributed by atoms with Crippen LogP contribution >= 0.6 is 0 Å². The largest absolute Gasteiger partial charge is 0.264 e. The summed E-state index contributed by atoms with van der Waals surface area (Å²) in [7, 11) is 0. The highest BCUT2D eigenvalue weighted by Gasteiger charge is 2.14. The second-order valence-electron chi connectivity index (χ2n) is 11.3. The third kappa shape index (κ3) is 6.10. The number of rotatable bonds is 7. The molecule has 5 aromatic carbocycles. The number of benzene rings is 5. The van der Waals surface area contributed by atoms with Crippen LogP contribution in [0.15, 0.2) is 170 Å². The average molecular weight is 617 g/mol. The summed E-state index contributed by atoms with van der Waals surface area (Å²) in [5.41, 5.74) is 9.44. The fraction of sp³-hybridized carbons (Fsp3) is 0. The van der Waals surface area contributed by atoms with Gasteiger partial charge in [0.25, 0.3) is 0 Å². The Hall–Kier alpha value is -6.66. The van der Waals surface area contributed by atoms with Crippen LogP contribution in [0.25, 0.3) is 79.2 Å². The van der Waals surface area contributed by atoms with Crippen molar-refractivity contribution in [1.29, 1.82) is 0 Å². The monoisotopic (exact) mass is 616 g/mol. The Bertz CT molecular complexity index is 2040. The molecule has 0 fully saturated rings. The van der Waals surface area contributed by atoms with Crippen LogP contribution in [0.1, 0.15) is 0 Å². The van der Waals surface area contributed by atoms with Crippen molar-refractivity contribution in [1.82, 2.24) is 29.9 Å². The lowest BCUT2D eigenvalue weighted by molar-refractivity contribution is 1.07. The molecule has 0 amide bonds. The smallest absolute Gasteiger partial charge is 0.164 e. The van der Waals surface area contributed by atoms with Gasteiger partial charge in [-0.05, 0) is 41.5 Å². The minimum Gasteiger partial charge on any atom is -0.264 e. The molecule has 8 rings (SSSR count). The van der Waals surface area contributed by atoms with Crippen LogP contribution in [0.5, 0.6) is 0 Å². The van der Waals surface area contributed by atoms with E-state index < -0.39 is 0 Å². The summed E-state index contributed by atoms with van der Waals surface area (Å²) in [6.07, 6.45) is 3.55. The van der Waals surface area contributed by atoms with Crippen LogP contribution < -0.4 is 0 Å². The van der Waals surface area contributed by atoms with Crippen LogP contribution in [0.2, 0.25) is 0 Å². The Morgan fingerprint density at radius 3 is 1.25 bits per heavy atom. The van der Waals surface area contributed by atoms with Crippen LogP contribution in [-0.4, -0.2) is 29.9 Å². The molecule has 226 valence electrons. The average Bonchev–Trinajstić information content (AvgIpc) is 3.19. The van der Waals surface area contributed by atoms with E-state index in [4.69, 9.17) is 24.9 Å². The third-order valence-electron chi connectivity index (χ3n) is 8.03. The van der Waals surface area contributed by atoms with E-state index >= 15 is 0 Å². The molecule has 3 aromatic heterocycles.